The van der Waals surface area contributed by atoms with E-state index in [1.807, 2.05) is 41.1 Å². The number of benzene rings is 1. The Morgan fingerprint density at radius 3 is 2.83 bits per heavy atom. The Balaban J connectivity index is 1.72. The average Bonchev–Trinajstić information content (AvgIpc) is 2.91. The number of carbonyl (C=O) groups is 1. The summed E-state index contributed by atoms with van der Waals surface area (Å²) in [4.78, 5) is 14.2. The van der Waals surface area contributed by atoms with Gasteiger partial charge in [-0.2, -0.15) is 5.10 Å². The van der Waals surface area contributed by atoms with Gasteiger partial charge in [0.05, 0.1) is 24.5 Å². The van der Waals surface area contributed by atoms with E-state index in [4.69, 9.17) is 5.11 Å². The van der Waals surface area contributed by atoms with Crippen LogP contribution in [0.15, 0.2) is 42.5 Å². The molecule has 3 rings (SSSR count). The first-order chi connectivity index (χ1) is 11.7. The van der Waals surface area contributed by atoms with Crippen LogP contribution in [0, 0.1) is 0 Å². The second kappa shape index (κ2) is 7.42. The van der Waals surface area contributed by atoms with Crippen LogP contribution in [0.3, 0.4) is 0 Å². The van der Waals surface area contributed by atoms with Crippen LogP contribution in [0.4, 0.5) is 0 Å². The van der Waals surface area contributed by atoms with Crippen molar-refractivity contribution in [3.63, 3.8) is 0 Å². The Hall–Kier alpha value is -2.44. The molecule has 2 heterocycles. The fourth-order valence-corrected chi connectivity index (χ4v) is 2.77. The number of carbonyl (C=O) groups excluding carboxylic acids is 1. The number of fused-ring (bicyclic) bond motifs is 1. The molecule has 0 aliphatic carbocycles. The van der Waals surface area contributed by atoms with E-state index >= 15 is 0 Å². The minimum absolute atomic E-state index is 0.0437. The lowest BCUT2D eigenvalue weighted by Crippen LogP contribution is -2.29. The molecule has 0 saturated heterocycles. The smallest absolute Gasteiger partial charge is 0.246 e. The molecule has 1 aliphatic heterocycles. The molecular weight excluding hydrogens is 306 g/mol. The largest absolute Gasteiger partial charge is 0.393 e. The van der Waals surface area contributed by atoms with Crippen LogP contribution in [-0.4, -0.2) is 44.0 Å². The summed E-state index contributed by atoms with van der Waals surface area (Å²) in [6.45, 7) is 1.45. The molecular formula is C18H21N3O3. The van der Waals surface area contributed by atoms with Gasteiger partial charge in [0.1, 0.15) is 6.10 Å². The summed E-state index contributed by atoms with van der Waals surface area (Å²) >= 11 is 0. The Kier molecular flexibility index (Phi) is 5.08. The molecule has 2 aromatic rings. The molecule has 0 fully saturated rings. The number of hydrogen-bond acceptors (Lipinski definition) is 4. The molecule has 0 spiro atoms. The lowest BCUT2D eigenvalue weighted by molar-refractivity contribution is -0.126. The summed E-state index contributed by atoms with van der Waals surface area (Å²) < 4.78 is 1.81. The first-order valence-corrected chi connectivity index (χ1v) is 8.05. The van der Waals surface area contributed by atoms with Crippen LogP contribution < -0.4 is 0 Å². The second-order valence-corrected chi connectivity index (χ2v) is 5.84. The van der Waals surface area contributed by atoms with Gasteiger partial charge in [-0.3, -0.25) is 9.48 Å². The maximum Gasteiger partial charge on any atom is 0.246 e. The highest BCUT2D eigenvalue weighted by atomic mass is 16.3. The number of hydrogen-bond donors (Lipinski definition) is 2. The fourth-order valence-electron chi connectivity index (χ4n) is 2.77. The molecule has 0 bridgehead atoms. The zero-order valence-corrected chi connectivity index (χ0v) is 13.4. The van der Waals surface area contributed by atoms with Crippen LogP contribution in [0.1, 0.15) is 29.5 Å². The third-order valence-corrected chi connectivity index (χ3v) is 4.08. The Morgan fingerprint density at radius 2 is 2.08 bits per heavy atom. The SMILES string of the molecule is O=C(C=Cc1ccccc1)N1CCCn2nc(C(O)CO)cc2C1. The number of nitrogens with zero attached hydrogens (tertiary/aromatic N) is 3. The number of aliphatic hydroxyl groups excluding tert-OH is 2. The van der Waals surface area contributed by atoms with Crippen LogP contribution in [0.5, 0.6) is 0 Å². The van der Waals surface area contributed by atoms with Crippen molar-refractivity contribution in [1.82, 2.24) is 14.7 Å². The highest BCUT2D eigenvalue weighted by Crippen LogP contribution is 2.18. The van der Waals surface area contributed by atoms with E-state index in [1.54, 1.807) is 17.0 Å². The Bertz CT molecular complexity index is 724. The molecule has 24 heavy (non-hydrogen) atoms. The van der Waals surface area contributed by atoms with Crippen molar-refractivity contribution in [3.8, 4) is 0 Å². The summed E-state index contributed by atoms with van der Waals surface area (Å²) in [7, 11) is 0. The van der Waals surface area contributed by atoms with Crippen molar-refractivity contribution in [2.24, 2.45) is 0 Å². The second-order valence-electron chi connectivity index (χ2n) is 5.84. The van der Waals surface area contributed by atoms with E-state index in [0.29, 0.717) is 25.3 Å². The topological polar surface area (TPSA) is 78.6 Å². The van der Waals surface area contributed by atoms with Gasteiger partial charge in [0.15, 0.2) is 0 Å². The highest BCUT2D eigenvalue weighted by molar-refractivity contribution is 5.91. The van der Waals surface area contributed by atoms with Crippen molar-refractivity contribution in [3.05, 3.63) is 59.4 Å². The van der Waals surface area contributed by atoms with Crippen molar-refractivity contribution >= 4 is 12.0 Å². The summed E-state index contributed by atoms with van der Waals surface area (Å²) in [5, 5.41) is 23.1. The molecule has 1 aliphatic rings. The van der Waals surface area contributed by atoms with E-state index in [2.05, 4.69) is 5.10 Å². The van der Waals surface area contributed by atoms with E-state index in [1.165, 1.54) is 0 Å². The average molecular weight is 327 g/mol. The van der Waals surface area contributed by atoms with Gasteiger partial charge in [0.25, 0.3) is 0 Å². The molecule has 1 amide bonds. The number of amides is 1. The number of rotatable bonds is 4. The first-order valence-electron chi connectivity index (χ1n) is 8.05. The van der Waals surface area contributed by atoms with Crippen LogP contribution >= 0.6 is 0 Å². The third kappa shape index (κ3) is 3.72. The normalized spacial score (nSPS) is 16.0. The lowest BCUT2D eigenvalue weighted by atomic mass is 10.2. The number of aryl methyl sites for hydroxylation is 1. The van der Waals surface area contributed by atoms with Crippen LogP contribution in [0.2, 0.25) is 0 Å². The molecule has 6 heteroatoms. The molecule has 0 radical (unpaired) electrons. The van der Waals surface area contributed by atoms with Gasteiger partial charge < -0.3 is 15.1 Å². The molecule has 1 atom stereocenters. The zero-order chi connectivity index (χ0) is 16.9. The summed E-state index contributed by atoms with van der Waals surface area (Å²) in [5.74, 6) is -0.0437. The Labute approximate surface area is 140 Å². The van der Waals surface area contributed by atoms with Crippen molar-refractivity contribution in [2.45, 2.75) is 25.6 Å². The van der Waals surface area contributed by atoms with Gasteiger partial charge in [-0.1, -0.05) is 30.3 Å². The van der Waals surface area contributed by atoms with Gasteiger partial charge in [-0.05, 0) is 24.1 Å². The van der Waals surface area contributed by atoms with Gasteiger partial charge in [-0.15, -0.1) is 0 Å². The first kappa shape index (κ1) is 16.4. The van der Waals surface area contributed by atoms with E-state index in [0.717, 1.165) is 17.7 Å². The third-order valence-electron chi connectivity index (χ3n) is 4.08. The van der Waals surface area contributed by atoms with E-state index < -0.39 is 6.10 Å². The maximum absolute atomic E-state index is 12.5. The van der Waals surface area contributed by atoms with E-state index in [-0.39, 0.29) is 12.5 Å². The molecule has 126 valence electrons. The zero-order valence-electron chi connectivity index (χ0n) is 13.4. The quantitative estimate of drug-likeness (QED) is 0.831. The molecule has 0 saturated carbocycles. The molecule has 1 unspecified atom stereocenters. The molecule has 1 aromatic carbocycles. The summed E-state index contributed by atoms with van der Waals surface area (Å²) in [5.41, 5.74) is 2.30. The van der Waals surface area contributed by atoms with Gasteiger partial charge in [0, 0.05) is 19.2 Å². The minimum atomic E-state index is -0.980. The summed E-state index contributed by atoms with van der Waals surface area (Å²) in [6, 6.07) is 11.5. The highest BCUT2D eigenvalue weighted by Gasteiger charge is 2.21. The summed E-state index contributed by atoms with van der Waals surface area (Å²) in [6.07, 6.45) is 3.22. The fraction of sp³-hybridized carbons (Fsp3) is 0.333. The Morgan fingerprint density at radius 1 is 1.29 bits per heavy atom. The van der Waals surface area contributed by atoms with Gasteiger partial charge >= 0.3 is 0 Å². The van der Waals surface area contributed by atoms with Gasteiger partial charge in [0.2, 0.25) is 5.91 Å². The minimum Gasteiger partial charge on any atom is -0.393 e. The monoisotopic (exact) mass is 327 g/mol. The van der Waals surface area contributed by atoms with Gasteiger partial charge in [-0.25, -0.2) is 0 Å². The molecule has 6 nitrogen and oxygen atoms in total. The van der Waals surface area contributed by atoms with Crippen molar-refractivity contribution in [2.75, 3.05) is 13.2 Å². The maximum atomic E-state index is 12.5. The number of aromatic nitrogens is 2. The van der Waals surface area contributed by atoms with Crippen molar-refractivity contribution < 1.29 is 15.0 Å². The van der Waals surface area contributed by atoms with Crippen LogP contribution in [0.25, 0.3) is 6.08 Å². The van der Waals surface area contributed by atoms with E-state index in [9.17, 15) is 9.90 Å². The lowest BCUT2D eigenvalue weighted by Gasteiger charge is -2.17. The number of aliphatic hydroxyl groups is 2. The molecule has 2 N–H and O–H groups in total. The van der Waals surface area contributed by atoms with Crippen LogP contribution in [-0.2, 0) is 17.9 Å². The van der Waals surface area contributed by atoms with Crippen molar-refractivity contribution in [1.29, 1.82) is 0 Å². The predicted octanol–water partition coefficient (Wildman–Crippen LogP) is 1.35. The molecule has 1 aromatic heterocycles. The standard InChI is InChI=1S/C18H21N3O3/c22-13-17(23)16-11-15-12-20(9-4-10-21(15)19-16)18(24)8-7-14-5-2-1-3-6-14/h1-3,5-8,11,17,22-23H,4,9-10,12-13H2. The predicted molar refractivity (Wildman–Crippen MR) is 89.8 cm³/mol.